The molecule has 0 aromatic heterocycles. The first-order valence-corrected chi connectivity index (χ1v) is 6.72. The van der Waals surface area contributed by atoms with Gasteiger partial charge >= 0.3 is 0 Å². The molecule has 1 saturated heterocycles. The zero-order chi connectivity index (χ0) is 12.4. The summed E-state index contributed by atoms with van der Waals surface area (Å²) in [6.07, 6.45) is 2.05. The van der Waals surface area contributed by atoms with Gasteiger partial charge in [0.15, 0.2) is 0 Å². The molecule has 1 N–H and O–H groups in total. The predicted octanol–water partition coefficient (Wildman–Crippen LogP) is 3.04. The summed E-state index contributed by atoms with van der Waals surface area (Å²) in [5, 5.41) is 2.97. The van der Waals surface area contributed by atoms with Crippen LogP contribution < -0.4 is 10.2 Å². The monoisotopic (exact) mass is 280 g/mol. The number of anilines is 1. The summed E-state index contributed by atoms with van der Waals surface area (Å²) < 4.78 is 0.728. The molecular weight excluding hydrogens is 268 g/mol. The molecule has 0 saturated carbocycles. The minimum Gasteiger partial charge on any atom is -0.378 e. The third kappa shape index (κ3) is 3.06. The number of thiocarbonyl (C=S) groups is 2. The third-order valence-electron chi connectivity index (χ3n) is 2.35. The molecular formula is C12H12N2S3. The summed E-state index contributed by atoms with van der Waals surface area (Å²) in [4.78, 5) is 3.81. The van der Waals surface area contributed by atoms with Gasteiger partial charge in [-0.1, -0.05) is 48.3 Å². The van der Waals surface area contributed by atoms with Crippen molar-refractivity contribution in [1.82, 2.24) is 5.32 Å². The van der Waals surface area contributed by atoms with Crippen LogP contribution in [0.1, 0.15) is 5.56 Å². The predicted molar refractivity (Wildman–Crippen MR) is 84.7 cm³/mol. The molecule has 5 heteroatoms. The standard InChI is InChI=1S/C12H12N2S3/c1-14(2)9-5-3-8(4-6-9)7-10-11(15)13-12(16)17-10/h3-7H,1-2H3,(H,13,15,16)/b10-7-. The molecule has 2 nitrogen and oxygen atoms in total. The molecule has 0 amide bonds. The molecule has 0 radical (unpaired) electrons. The van der Waals surface area contributed by atoms with Crippen molar-refractivity contribution in [2.45, 2.75) is 0 Å². The quantitative estimate of drug-likeness (QED) is 0.659. The number of hydrogen-bond acceptors (Lipinski definition) is 4. The van der Waals surface area contributed by atoms with E-state index >= 15 is 0 Å². The second-order valence-electron chi connectivity index (χ2n) is 3.84. The summed E-state index contributed by atoms with van der Waals surface area (Å²) in [6.45, 7) is 0. The van der Waals surface area contributed by atoms with Crippen molar-refractivity contribution in [2.24, 2.45) is 0 Å². The Morgan fingerprint density at radius 1 is 1.18 bits per heavy atom. The summed E-state index contributed by atoms with van der Waals surface area (Å²) in [6, 6.07) is 8.32. The molecule has 1 heterocycles. The Labute approximate surface area is 116 Å². The van der Waals surface area contributed by atoms with Crippen LogP contribution in [0.5, 0.6) is 0 Å². The average molecular weight is 280 g/mol. The molecule has 0 aliphatic carbocycles. The Morgan fingerprint density at radius 2 is 1.82 bits per heavy atom. The van der Waals surface area contributed by atoms with E-state index in [1.54, 1.807) is 0 Å². The molecule has 0 atom stereocenters. The SMILES string of the molecule is CN(C)c1ccc(/C=C2\SC(=S)NC2=S)cc1. The van der Waals surface area contributed by atoms with E-state index in [-0.39, 0.29) is 0 Å². The lowest BCUT2D eigenvalue weighted by Gasteiger charge is -2.11. The average Bonchev–Trinajstić information content (AvgIpc) is 2.58. The van der Waals surface area contributed by atoms with Gasteiger partial charge in [0.05, 0.1) is 0 Å². The van der Waals surface area contributed by atoms with Crippen molar-refractivity contribution in [2.75, 3.05) is 19.0 Å². The van der Waals surface area contributed by atoms with E-state index in [0.29, 0.717) is 0 Å². The van der Waals surface area contributed by atoms with Gasteiger partial charge < -0.3 is 10.2 Å². The smallest absolute Gasteiger partial charge is 0.143 e. The van der Waals surface area contributed by atoms with E-state index in [0.717, 1.165) is 19.8 Å². The molecule has 1 fully saturated rings. The lowest BCUT2D eigenvalue weighted by atomic mass is 10.2. The van der Waals surface area contributed by atoms with Crippen LogP contribution in [0.25, 0.3) is 6.08 Å². The first kappa shape index (κ1) is 12.5. The zero-order valence-corrected chi connectivity index (χ0v) is 12.0. The molecule has 1 aromatic rings. The molecule has 1 aliphatic rings. The van der Waals surface area contributed by atoms with Crippen LogP contribution in [-0.2, 0) is 0 Å². The molecule has 17 heavy (non-hydrogen) atoms. The van der Waals surface area contributed by atoms with Gasteiger partial charge in [-0.05, 0) is 23.8 Å². The number of rotatable bonds is 2. The number of nitrogens with one attached hydrogen (secondary N) is 1. The van der Waals surface area contributed by atoms with Crippen molar-refractivity contribution < 1.29 is 0 Å². The molecule has 1 aliphatic heterocycles. The molecule has 0 bridgehead atoms. The van der Waals surface area contributed by atoms with E-state index in [4.69, 9.17) is 24.4 Å². The molecule has 0 unspecified atom stereocenters. The molecule has 1 aromatic carbocycles. The van der Waals surface area contributed by atoms with Crippen LogP contribution in [0, 0.1) is 0 Å². The van der Waals surface area contributed by atoms with Crippen molar-refractivity contribution in [3.8, 4) is 0 Å². The van der Waals surface area contributed by atoms with Gasteiger partial charge in [0.25, 0.3) is 0 Å². The van der Waals surface area contributed by atoms with Gasteiger partial charge in [0, 0.05) is 24.7 Å². The van der Waals surface area contributed by atoms with Gasteiger partial charge in [0.2, 0.25) is 0 Å². The fraction of sp³-hybridized carbons (Fsp3) is 0.167. The maximum absolute atomic E-state index is 5.19. The van der Waals surface area contributed by atoms with E-state index in [9.17, 15) is 0 Å². The highest BCUT2D eigenvalue weighted by molar-refractivity contribution is 8.27. The summed E-state index contributed by atoms with van der Waals surface area (Å²) in [5.41, 5.74) is 2.31. The van der Waals surface area contributed by atoms with Crippen LogP contribution in [0.2, 0.25) is 0 Å². The maximum atomic E-state index is 5.19. The van der Waals surface area contributed by atoms with Crippen molar-refractivity contribution >= 4 is 57.3 Å². The second kappa shape index (κ2) is 5.16. The van der Waals surface area contributed by atoms with Gasteiger partial charge in [-0.25, -0.2) is 0 Å². The van der Waals surface area contributed by atoms with Crippen molar-refractivity contribution in [1.29, 1.82) is 0 Å². The third-order valence-corrected chi connectivity index (χ3v) is 3.98. The normalized spacial score (nSPS) is 17.4. The lowest BCUT2D eigenvalue weighted by molar-refractivity contribution is 1.13. The van der Waals surface area contributed by atoms with Gasteiger partial charge in [0.1, 0.15) is 9.31 Å². The van der Waals surface area contributed by atoms with E-state index < -0.39 is 0 Å². The van der Waals surface area contributed by atoms with Crippen molar-refractivity contribution in [3.63, 3.8) is 0 Å². The maximum Gasteiger partial charge on any atom is 0.143 e. The number of nitrogens with zero attached hydrogens (tertiary/aromatic N) is 1. The first-order chi connectivity index (χ1) is 8.06. The Balaban J connectivity index is 2.21. The fourth-order valence-corrected chi connectivity index (χ4v) is 2.92. The highest BCUT2D eigenvalue weighted by Crippen LogP contribution is 2.27. The summed E-state index contributed by atoms with van der Waals surface area (Å²) in [7, 11) is 4.05. The van der Waals surface area contributed by atoms with Crippen molar-refractivity contribution in [3.05, 3.63) is 34.7 Å². The largest absolute Gasteiger partial charge is 0.378 e. The van der Waals surface area contributed by atoms with Gasteiger partial charge in [-0.2, -0.15) is 0 Å². The minimum atomic E-state index is 0.719. The Bertz CT molecular complexity index is 489. The van der Waals surface area contributed by atoms with Gasteiger partial charge in [-0.15, -0.1) is 0 Å². The highest BCUT2D eigenvalue weighted by Gasteiger charge is 2.18. The van der Waals surface area contributed by atoms with E-state index in [2.05, 4.69) is 40.6 Å². The lowest BCUT2D eigenvalue weighted by Crippen LogP contribution is -2.15. The second-order valence-corrected chi connectivity index (χ2v) is 5.97. The van der Waals surface area contributed by atoms with E-state index in [1.807, 2.05) is 14.1 Å². The van der Waals surface area contributed by atoms with Crippen LogP contribution >= 0.6 is 36.2 Å². The molecule has 88 valence electrons. The Morgan fingerprint density at radius 3 is 2.29 bits per heavy atom. The van der Waals surface area contributed by atoms with Crippen LogP contribution in [0.4, 0.5) is 5.69 Å². The van der Waals surface area contributed by atoms with Crippen LogP contribution in [-0.4, -0.2) is 23.4 Å². The van der Waals surface area contributed by atoms with E-state index in [1.165, 1.54) is 17.4 Å². The number of thioether (sulfide) groups is 1. The highest BCUT2D eigenvalue weighted by atomic mass is 32.2. The first-order valence-electron chi connectivity index (χ1n) is 5.08. The Kier molecular flexibility index (Phi) is 3.81. The number of benzene rings is 1. The Hall–Kier alpha value is -0.910. The topological polar surface area (TPSA) is 15.3 Å². The summed E-state index contributed by atoms with van der Waals surface area (Å²) >= 11 is 11.8. The summed E-state index contributed by atoms with van der Waals surface area (Å²) in [5.74, 6) is 0. The van der Waals surface area contributed by atoms with Crippen LogP contribution in [0.3, 0.4) is 0 Å². The van der Waals surface area contributed by atoms with Gasteiger partial charge in [-0.3, -0.25) is 0 Å². The zero-order valence-electron chi connectivity index (χ0n) is 9.56. The minimum absolute atomic E-state index is 0.719. The number of hydrogen-bond donors (Lipinski definition) is 1. The van der Waals surface area contributed by atoms with Crippen LogP contribution in [0.15, 0.2) is 29.2 Å². The fourth-order valence-electron chi connectivity index (χ4n) is 1.44. The molecule has 2 rings (SSSR count). The molecule has 0 spiro atoms.